The predicted octanol–water partition coefficient (Wildman–Crippen LogP) is 3.98. The van der Waals surface area contributed by atoms with Crippen LogP contribution in [0.2, 0.25) is 0 Å². The van der Waals surface area contributed by atoms with Crippen LogP contribution in [0.15, 0.2) is 54.6 Å². The van der Waals surface area contributed by atoms with Crippen LogP contribution in [0.3, 0.4) is 0 Å². The number of fused-ring (bicyclic) bond motifs is 1. The standard InChI is InChI=1S/C22H25N3O/c26-22(11-10-21-23-19-8-4-5-9-20(19)24-21)25-14-12-18(13-15-25)16-17-6-2-1-3-7-17/h1-9,18H,10-16H2,(H,23,24). The number of benzene rings is 2. The number of aromatic nitrogens is 2. The van der Waals surface area contributed by atoms with E-state index in [9.17, 15) is 4.79 Å². The summed E-state index contributed by atoms with van der Waals surface area (Å²) in [6.45, 7) is 1.77. The number of carbonyl (C=O) groups is 1. The highest BCUT2D eigenvalue weighted by atomic mass is 16.2. The van der Waals surface area contributed by atoms with E-state index in [1.165, 1.54) is 5.56 Å². The Kier molecular flexibility index (Phi) is 5.00. The molecule has 1 N–H and O–H groups in total. The van der Waals surface area contributed by atoms with E-state index in [1.807, 2.05) is 29.2 Å². The van der Waals surface area contributed by atoms with Crippen LogP contribution in [0.4, 0.5) is 0 Å². The summed E-state index contributed by atoms with van der Waals surface area (Å²) in [6, 6.07) is 18.7. The lowest BCUT2D eigenvalue weighted by molar-refractivity contribution is -0.132. The zero-order valence-electron chi connectivity index (χ0n) is 15.0. The van der Waals surface area contributed by atoms with Crippen LogP contribution in [-0.2, 0) is 17.6 Å². The Bertz CT molecular complexity index is 830. The summed E-state index contributed by atoms with van der Waals surface area (Å²) >= 11 is 0. The molecular formula is C22H25N3O. The van der Waals surface area contributed by atoms with Crippen molar-refractivity contribution < 1.29 is 4.79 Å². The average molecular weight is 347 g/mol. The molecule has 0 aliphatic carbocycles. The topological polar surface area (TPSA) is 49.0 Å². The molecule has 1 amide bonds. The fourth-order valence-corrected chi connectivity index (χ4v) is 3.84. The largest absolute Gasteiger partial charge is 0.343 e. The van der Waals surface area contributed by atoms with Crippen LogP contribution in [0, 0.1) is 5.92 Å². The van der Waals surface area contributed by atoms with Crippen molar-refractivity contribution in [1.82, 2.24) is 14.9 Å². The monoisotopic (exact) mass is 347 g/mol. The van der Waals surface area contributed by atoms with Crippen molar-refractivity contribution in [2.24, 2.45) is 5.92 Å². The van der Waals surface area contributed by atoms with Crippen molar-refractivity contribution in [1.29, 1.82) is 0 Å². The Morgan fingerprint density at radius 3 is 2.54 bits per heavy atom. The van der Waals surface area contributed by atoms with Gasteiger partial charge in [-0.3, -0.25) is 4.79 Å². The van der Waals surface area contributed by atoms with Crippen molar-refractivity contribution in [3.8, 4) is 0 Å². The normalized spacial score (nSPS) is 15.5. The minimum Gasteiger partial charge on any atom is -0.343 e. The number of piperidine rings is 1. The van der Waals surface area contributed by atoms with Gasteiger partial charge in [0.2, 0.25) is 5.91 Å². The first-order valence-corrected chi connectivity index (χ1v) is 9.53. The first-order valence-electron chi connectivity index (χ1n) is 9.53. The zero-order valence-corrected chi connectivity index (χ0v) is 15.0. The van der Waals surface area contributed by atoms with E-state index < -0.39 is 0 Å². The third-order valence-electron chi connectivity index (χ3n) is 5.35. The van der Waals surface area contributed by atoms with Crippen molar-refractivity contribution in [2.45, 2.75) is 32.1 Å². The number of carbonyl (C=O) groups excluding carboxylic acids is 1. The molecule has 2 heterocycles. The minimum absolute atomic E-state index is 0.253. The molecule has 0 bridgehead atoms. The number of hydrogen-bond acceptors (Lipinski definition) is 2. The molecule has 4 nitrogen and oxygen atoms in total. The molecule has 4 rings (SSSR count). The number of aryl methyl sites for hydroxylation is 1. The third-order valence-corrected chi connectivity index (χ3v) is 5.35. The lowest BCUT2D eigenvalue weighted by Crippen LogP contribution is -2.39. The quantitative estimate of drug-likeness (QED) is 0.759. The van der Waals surface area contributed by atoms with Gasteiger partial charge in [-0.15, -0.1) is 0 Å². The second-order valence-corrected chi connectivity index (χ2v) is 7.21. The highest BCUT2D eigenvalue weighted by molar-refractivity contribution is 5.77. The van der Waals surface area contributed by atoms with E-state index in [1.54, 1.807) is 0 Å². The number of rotatable bonds is 5. The molecule has 4 heteroatoms. The molecule has 134 valence electrons. The molecule has 0 radical (unpaired) electrons. The molecule has 2 aromatic carbocycles. The molecule has 3 aromatic rings. The molecule has 0 spiro atoms. The summed E-state index contributed by atoms with van der Waals surface area (Å²) in [5.41, 5.74) is 3.41. The number of para-hydroxylation sites is 2. The van der Waals surface area contributed by atoms with Crippen LogP contribution in [0.25, 0.3) is 11.0 Å². The van der Waals surface area contributed by atoms with Gasteiger partial charge in [0.05, 0.1) is 11.0 Å². The molecular weight excluding hydrogens is 322 g/mol. The average Bonchev–Trinajstić information content (AvgIpc) is 3.10. The smallest absolute Gasteiger partial charge is 0.223 e. The van der Waals surface area contributed by atoms with Gasteiger partial charge in [-0.2, -0.15) is 0 Å². The Labute approximate surface area is 154 Å². The molecule has 1 fully saturated rings. The van der Waals surface area contributed by atoms with Gasteiger partial charge in [-0.25, -0.2) is 4.98 Å². The second-order valence-electron chi connectivity index (χ2n) is 7.21. The summed E-state index contributed by atoms with van der Waals surface area (Å²) in [5.74, 6) is 1.85. The molecule has 0 saturated carbocycles. The minimum atomic E-state index is 0.253. The van der Waals surface area contributed by atoms with Gasteiger partial charge in [0.25, 0.3) is 0 Å². The van der Waals surface area contributed by atoms with Gasteiger partial charge in [-0.05, 0) is 42.9 Å². The van der Waals surface area contributed by atoms with Gasteiger partial charge in [0.1, 0.15) is 5.82 Å². The Balaban J connectivity index is 1.25. The van der Waals surface area contributed by atoms with Gasteiger partial charge >= 0.3 is 0 Å². The SMILES string of the molecule is O=C(CCc1nc2ccccc2[nH]1)N1CCC(Cc2ccccc2)CC1. The number of hydrogen-bond donors (Lipinski definition) is 1. The Morgan fingerprint density at radius 2 is 1.77 bits per heavy atom. The molecule has 1 saturated heterocycles. The predicted molar refractivity (Wildman–Crippen MR) is 104 cm³/mol. The van der Waals surface area contributed by atoms with Crippen molar-refractivity contribution in [3.63, 3.8) is 0 Å². The lowest BCUT2D eigenvalue weighted by Gasteiger charge is -2.32. The van der Waals surface area contributed by atoms with Crippen molar-refractivity contribution in [2.75, 3.05) is 13.1 Å². The number of nitrogens with zero attached hydrogens (tertiary/aromatic N) is 2. The lowest BCUT2D eigenvalue weighted by atomic mass is 9.90. The fourth-order valence-electron chi connectivity index (χ4n) is 3.84. The summed E-state index contributed by atoms with van der Waals surface area (Å²) in [6.07, 6.45) is 4.54. The molecule has 1 aliphatic heterocycles. The number of H-pyrrole nitrogens is 1. The molecule has 0 atom stereocenters. The first kappa shape index (κ1) is 16.8. The van der Waals surface area contributed by atoms with Crippen LogP contribution < -0.4 is 0 Å². The number of imidazole rings is 1. The van der Waals surface area contributed by atoms with Crippen LogP contribution in [0.1, 0.15) is 30.7 Å². The Hall–Kier alpha value is -2.62. The van der Waals surface area contributed by atoms with Gasteiger partial charge in [-0.1, -0.05) is 42.5 Å². The van der Waals surface area contributed by atoms with E-state index in [-0.39, 0.29) is 5.91 Å². The summed E-state index contributed by atoms with van der Waals surface area (Å²) < 4.78 is 0. The highest BCUT2D eigenvalue weighted by Gasteiger charge is 2.22. The number of aromatic amines is 1. The van der Waals surface area contributed by atoms with Crippen molar-refractivity contribution in [3.05, 3.63) is 66.0 Å². The summed E-state index contributed by atoms with van der Waals surface area (Å²) in [4.78, 5) is 22.4. The van der Waals surface area contributed by atoms with E-state index in [4.69, 9.17) is 0 Å². The zero-order chi connectivity index (χ0) is 17.8. The maximum atomic E-state index is 12.5. The third kappa shape index (κ3) is 3.96. The molecule has 1 aliphatic rings. The van der Waals surface area contributed by atoms with Gasteiger partial charge < -0.3 is 9.88 Å². The maximum absolute atomic E-state index is 12.5. The molecule has 0 unspecified atom stereocenters. The number of likely N-dealkylation sites (tertiary alicyclic amines) is 1. The summed E-state index contributed by atoms with van der Waals surface area (Å²) in [5, 5.41) is 0. The van der Waals surface area contributed by atoms with Crippen LogP contribution in [-0.4, -0.2) is 33.9 Å². The van der Waals surface area contributed by atoms with E-state index >= 15 is 0 Å². The van der Waals surface area contributed by atoms with Crippen molar-refractivity contribution >= 4 is 16.9 Å². The second kappa shape index (κ2) is 7.73. The fraction of sp³-hybridized carbons (Fsp3) is 0.364. The van der Waals surface area contributed by atoms with E-state index in [0.29, 0.717) is 18.8 Å². The molecule has 1 aromatic heterocycles. The first-order chi connectivity index (χ1) is 12.8. The number of amides is 1. The van der Waals surface area contributed by atoms with E-state index in [2.05, 4.69) is 40.3 Å². The van der Waals surface area contributed by atoms with Crippen LogP contribution >= 0.6 is 0 Å². The Morgan fingerprint density at radius 1 is 1.04 bits per heavy atom. The maximum Gasteiger partial charge on any atom is 0.223 e. The van der Waals surface area contributed by atoms with Gasteiger partial charge in [0.15, 0.2) is 0 Å². The van der Waals surface area contributed by atoms with Gasteiger partial charge in [0, 0.05) is 25.9 Å². The van der Waals surface area contributed by atoms with Crippen LogP contribution in [0.5, 0.6) is 0 Å². The van der Waals surface area contributed by atoms with E-state index in [0.717, 1.165) is 49.2 Å². The summed E-state index contributed by atoms with van der Waals surface area (Å²) in [7, 11) is 0. The highest BCUT2D eigenvalue weighted by Crippen LogP contribution is 2.22. The molecule has 26 heavy (non-hydrogen) atoms. The number of nitrogens with one attached hydrogen (secondary N) is 1.